The zero-order chi connectivity index (χ0) is 65.6. The van der Waals surface area contributed by atoms with Gasteiger partial charge in [0.2, 0.25) is 0 Å². The summed E-state index contributed by atoms with van der Waals surface area (Å²) >= 11 is 0. The molecule has 0 amide bonds. The molecule has 1 spiro atoms. The van der Waals surface area contributed by atoms with E-state index in [1.807, 2.05) is 91.0 Å². The van der Waals surface area contributed by atoms with Crippen molar-refractivity contribution in [3.63, 3.8) is 0 Å². The van der Waals surface area contributed by atoms with Crippen LogP contribution in [0.1, 0.15) is 55.2 Å². The zero-order valence-corrected chi connectivity index (χ0v) is 35.4. The molecule has 0 aromatic heterocycles. The lowest BCUT2D eigenvalue weighted by molar-refractivity contribution is 0.793. The molecule has 0 unspecified atom stereocenters. The van der Waals surface area contributed by atoms with E-state index in [0.717, 1.165) is 37.9 Å². The molecule has 68 heavy (non-hydrogen) atoms. The third kappa shape index (κ3) is 5.63. The minimum atomic E-state index is -2.81. The first-order valence-electron chi connectivity index (χ1n) is 33.7. The number of benzene rings is 12. The van der Waals surface area contributed by atoms with E-state index in [9.17, 15) is 19.2 Å². The molecule has 0 saturated heterocycles. The first-order valence-corrected chi connectivity index (χ1v) is 21.7. The summed E-state index contributed by atoms with van der Waals surface area (Å²) in [6.07, 6.45) is 0. The first kappa shape index (κ1) is 21.7. The molecular weight excluding hydrogens is 819 g/mol. The second kappa shape index (κ2) is 15.1. The summed E-state index contributed by atoms with van der Waals surface area (Å²) in [7, 11) is 0. The Hall–Kier alpha value is -8.78. The molecule has 12 aromatic rings. The van der Waals surface area contributed by atoms with Crippen LogP contribution >= 0.6 is 0 Å². The summed E-state index contributed by atoms with van der Waals surface area (Å²) in [4.78, 5) is 1.05. The summed E-state index contributed by atoms with van der Waals surface area (Å²) in [5.74, 6) is 0. The van der Waals surface area contributed by atoms with Gasteiger partial charge in [-0.05, 0) is 135 Å². The Bertz CT molecular complexity index is 5280. The van der Waals surface area contributed by atoms with Gasteiger partial charge in [0, 0.05) is 16.8 Å². The van der Waals surface area contributed by atoms with Crippen molar-refractivity contribution in [2.75, 3.05) is 4.90 Å². The fourth-order valence-corrected chi connectivity index (χ4v) is 10.1. The van der Waals surface area contributed by atoms with E-state index in [4.69, 9.17) is 13.7 Å². The minimum Gasteiger partial charge on any atom is -0.310 e. The monoisotopic (exact) mass is 885 g/mol. The van der Waals surface area contributed by atoms with Gasteiger partial charge in [-0.15, -0.1) is 0 Å². The molecule has 0 radical (unpaired) electrons. The maximum absolute atomic E-state index is 11.0. The van der Waals surface area contributed by atoms with E-state index in [1.54, 1.807) is 12.1 Å². The van der Waals surface area contributed by atoms with Gasteiger partial charge in [-0.2, -0.15) is 0 Å². The highest BCUT2D eigenvalue weighted by Crippen LogP contribution is 2.63. The maximum atomic E-state index is 11.0. The summed E-state index contributed by atoms with van der Waals surface area (Å²) in [5.41, 5.74) is -3.88. The topological polar surface area (TPSA) is 3.24 Å². The van der Waals surface area contributed by atoms with Crippen molar-refractivity contribution in [3.05, 3.63) is 283 Å². The van der Waals surface area contributed by atoms with Gasteiger partial charge >= 0.3 is 0 Å². The van der Waals surface area contributed by atoms with Crippen LogP contribution < -0.4 is 4.90 Å². The molecule has 12 aromatic carbocycles. The van der Waals surface area contributed by atoms with Gasteiger partial charge in [-0.1, -0.05) is 230 Å². The molecular formula is C67H43N. The van der Waals surface area contributed by atoms with Crippen molar-refractivity contribution in [1.29, 1.82) is 0 Å². The third-order valence-electron chi connectivity index (χ3n) is 13.1. The molecule has 0 bridgehead atoms. The van der Waals surface area contributed by atoms with Crippen LogP contribution in [0.2, 0.25) is 0 Å². The minimum absolute atomic E-state index is 0.114. The van der Waals surface area contributed by atoms with Crippen LogP contribution in [0.5, 0.6) is 0 Å². The first-order chi connectivity index (χ1) is 43.7. The van der Waals surface area contributed by atoms with Crippen molar-refractivity contribution in [2.45, 2.75) is 5.41 Å². The SMILES string of the molecule is [2H]c1c([2H])c([2H])c2c(c1[2H])-c1c([2H])c([2H])c([2H])c([2H])c1C21c2c([2H])c([2H])c([2H])c([2H])c2-c2c([2H])c([2H])c(N(c3ccc(-c4ccc5ccccc5c4-c4ccc(-c5ccccc5)cc4)cc3)c3c([2H])c4c([2H])c([2H])c([2H])c([2H])c4c4c([2H])c([2H])c([2H])c([2H])c34)c([2H])c21. The predicted octanol–water partition coefficient (Wildman–Crippen LogP) is 18.0. The lowest BCUT2D eigenvalue weighted by Crippen LogP contribution is -2.26. The standard InChI is InChI=1S/C67H43N/c1-2-16-44(17-3-1)45-30-32-48(33-31-45)66-53-21-7-4-18-46(53)36-40-54(66)47-34-37-50(38-35-47)68(65-42-49-19-5-6-20-52(49)55-22-8-9-26-60(55)65)51-39-41-59-58-25-12-15-29-63(58)67(64(59)43-51)61-27-13-10-23-56(61)57-24-11-14-28-62(57)67/h1-43H/i5D,6D,8D,9D,10D,11D,12D,13D,14D,15D,19D,20D,22D,23D,24D,25D,26D,27D,28D,29D,39D,41D,42D,43D. The van der Waals surface area contributed by atoms with Crippen molar-refractivity contribution in [3.8, 4) is 55.6 Å². The molecule has 2 aliphatic carbocycles. The van der Waals surface area contributed by atoms with Crippen LogP contribution in [0.15, 0.2) is 260 Å². The highest BCUT2D eigenvalue weighted by Gasteiger charge is 2.51. The number of hydrogen-bond acceptors (Lipinski definition) is 1. The van der Waals surface area contributed by atoms with Crippen molar-refractivity contribution >= 4 is 49.4 Å². The lowest BCUT2D eigenvalue weighted by atomic mass is 9.70. The molecule has 0 fully saturated rings. The summed E-state index contributed by atoms with van der Waals surface area (Å²) in [6, 6.07) is 15.2. The molecule has 0 aliphatic heterocycles. The maximum Gasteiger partial charge on any atom is 0.0726 e. The van der Waals surface area contributed by atoms with Gasteiger partial charge in [0.15, 0.2) is 0 Å². The van der Waals surface area contributed by atoms with E-state index in [2.05, 4.69) is 0 Å². The van der Waals surface area contributed by atoms with E-state index >= 15 is 0 Å². The molecule has 14 rings (SSSR count). The lowest BCUT2D eigenvalue weighted by Gasteiger charge is -2.32. The van der Waals surface area contributed by atoms with Gasteiger partial charge in [0.05, 0.1) is 44.0 Å². The predicted molar refractivity (Wildman–Crippen MR) is 286 cm³/mol. The molecule has 0 atom stereocenters. The normalized spacial score (nSPS) is 17.8. The van der Waals surface area contributed by atoms with Crippen LogP contribution in [0.4, 0.5) is 17.1 Å². The summed E-state index contributed by atoms with van der Waals surface area (Å²) < 4.78 is 228. The second-order valence-corrected chi connectivity index (χ2v) is 16.5. The molecule has 1 heteroatoms. The fourth-order valence-electron chi connectivity index (χ4n) is 10.1. The highest BCUT2D eigenvalue weighted by molar-refractivity contribution is 6.15. The number of fused-ring (bicyclic) bond motifs is 14. The number of rotatable bonds is 6. The second-order valence-electron chi connectivity index (χ2n) is 16.5. The molecule has 316 valence electrons. The Kier molecular flexibility index (Phi) is 4.83. The smallest absolute Gasteiger partial charge is 0.0726 e. The van der Waals surface area contributed by atoms with Crippen LogP contribution in [0.25, 0.3) is 88.0 Å². The number of nitrogens with zero attached hydrogens (tertiary/aromatic N) is 1. The summed E-state index contributed by atoms with van der Waals surface area (Å²) in [5, 5.41) is -0.309. The van der Waals surface area contributed by atoms with Gasteiger partial charge < -0.3 is 4.90 Å². The molecule has 1 nitrogen and oxygen atoms in total. The Morgan fingerprint density at radius 3 is 1.56 bits per heavy atom. The zero-order valence-electron chi connectivity index (χ0n) is 59.4. The largest absolute Gasteiger partial charge is 0.310 e. The van der Waals surface area contributed by atoms with Gasteiger partial charge in [0.1, 0.15) is 0 Å². The quantitative estimate of drug-likeness (QED) is 0.150. The van der Waals surface area contributed by atoms with Crippen molar-refractivity contribution < 1.29 is 32.9 Å². The van der Waals surface area contributed by atoms with E-state index < -0.39 is 228 Å². The number of anilines is 3. The Labute approximate surface area is 430 Å². The van der Waals surface area contributed by atoms with Crippen LogP contribution in [-0.4, -0.2) is 0 Å². The fraction of sp³-hybridized carbons (Fsp3) is 0.0149. The third-order valence-corrected chi connectivity index (χ3v) is 13.1. The molecule has 2 aliphatic rings. The van der Waals surface area contributed by atoms with Gasteiger partial charge in [-0.25, -0.2) is 0 Å². The number of hydrogen-bond donors (Lipinski definition) is 0. The average Bonchev–Trinajstić information content (AvgIpc) is 1.45. The average molecular weight is 886 g/mol. The van der Waals surface area contributed by atoms with Crippen molar-refractivity contribution in [1.82, 2.24) is 0 Å². The highest BCUT2D eigenvalue weighted by atomic mass is 15.1. The van der Waals surface area contributed by atoms with Gasteiger partial charge in [0.25, 0.3) is 0 Å². The Morgan fingerprint density at radius 2 is 0.853 bits per heavy atom. The Morgan fingerprint density at radius 1 is 0.309 bits per heavy atom. The van der Waals surface area contributed by atoms with E-state index in [-0.39, 0.29) is 5.69 Å². The molecule has 0 N–H and O–H groups in total. The Balaban J connectivity index is 1.16. The van der Waals surface area contributed by atoms with E-state index in [0.29, 0.717) is 11.1 Å². The van der Waals surface area contributed by atoms with E-state index in [1.165, 1.54) is 12.1 Å². The molecule has 0 saturated carbocycles. The van der Waals surface area contributed by atoms with Crippen molar-refractivity contribution in [2.24, 2.45) is 0 Å². The van der Waals surface area contributed by atoms with Gasteiger partial charge in [-0.3, -0.25) is 0 Å². The molecule has 0 heterocycles. The van der Waals surface area contributed by atoms with Crippen LogP contribution in [0.3, 0.4) is 0 Å². The summed E-state index contributed by atoms with van der Waals surface area (Å²) in [6.45, 7) is 0. The van der Waals surface area contributed by atoms with Crippen LogP contribution in [0, 0.1) is 0 Å². The van der Waals surface area contributed by atoms with Crippen LogP contribution in [-0.2, 0) is 5.41 Å².